The first kappa shape index (κ1) is 14.2. The summed E-state index contributed by atoms with van der Waals surface area (Å²) in [6.07, 6.45) is 2.45. The second kappa shape index (κ2) is 5.58. The maximum absolute atomic E-state index is 12.5. The molecule has 1 N–H and O–H groups in total. The van der Waals surface area contributed by atoms with E-state index in [0.29, 0.717) is 24.5 Å². The van der Waals surface area contributed by atoms with Crippen LogP contribution in [0.3, 0.4) is 0 Å². The zero-order valence-corrected chi connectivity index (χ0v) is 12.1. The van der Waals surface area contributed by atoms with Crippen molar-refractivity contribution in [2.75, 3.05) is 18.5 Å². The molecule has 1 saturated heterocycles. The van der Waals surface area contributed by atoms with Crippen LogP contribution in [0, 0.1) is 5.92 Å². The van der Waals surface area contributed by atoms with Crippen molar-refractivity contribution in [1.29, 1.82) is 0 Å². The highest BCUT2D eigenvalue weighted by atomic mass is 16.7. The Morgan fingerprint density at radius 3 is 2.76 bits per heavy atom. The number of benzene rings is 1. The number of ketones is 1. The molecule has 1 aromatic rings. The van der Waals surface area contributed by atoms with Crippen LogP contribution in [0.5, 0.6) is 0 Å². The van der Waals surface area contributed by atoms with Crippen LogP contribution in [0.15, 0.2) is 24.3 Å². The monoisotopic (exact) mass is 289 g/mol. The minimum atomic E-state index is -0.734. The fourth-order valence-electron chi connectivity index (χ4n) is 3.14. The van der Waals surface area contributed by atoms with Gasteiger partial charge < -0.3 is 14.8 Å². The van der Waals surface area contributed by atoms with Gasteiger partial charge in [-0.2, -0.15) is 0 Å². The molecule has 1 heterocycles. The molecule has 1 aromatic carbocycles. The molecule has 0 unspecified atom stereocenters. The third-order valence-electron chi connectivity index (χ3n) is 4.18. The van der Waals surface area contributed by atoms with Gasteiger partial charge in [0.25, 0.3) is 0 Å². The van der Waals surface area contributed by atoms with Crippen molar-refractivity contribution in [1.82, 2.24) is 0 Å². The minimum absolute atomic E-state index is 0.0223. The summed E-state index contributed by atoms with van der Waals surface area (Å²) in [5, 5.41) is 2.88. The van der Waals surface area contributed by atoms with Crippen LogP contribution in [0.1, 0.15) is 36.5 Å². The molecule has 2 fully saturated rings. The summed E-state index contributed by atoms with van der Waals surface area (Å²) in [6, 6.07) is 6.97. The number of ether oxygens (including phenoxy) is 2. The van der Waals surface area contributed by atoms with Crippen molar-refractivity contribution in [2.24, 2.45) is 5.92 Å². The van der Waals surface area contributed by atoms with Crippen LogP contribution >= 0.6 is 0 Å². The first-order chi connectivity index (χ1) is 10.1. The quantitative estimate of drug-likeness (QED) is 0.868. The van der Waals surface area contributed by atoms with E-state index in [-0.39, 0.29) is 17.6 Å². The third kappa shape index (κ3) is 2.71. The number of rotatable bonds is 3. The van der Waals surface area contributed by atoms with Gasteiger partial charge in [0.1, 0.15) is 0 Å². The van der Waals surface area contributed by atoms with Gasteiger partial charge in [-0.15, -0.1) is 0 Å². The van der Waals surface area contributed by atoms with Gasteiger partial charge in [0.2, 0.25) is 5.91 Å². The molecule has 3 rings (SSSR count). The predicted molar refractivity (Wildman–Crippen MR) is 77.1 cm³/mol. The molecule has 1 aliphatic carbocycles. The topological polar surface area (TPSA) is 64.6 Å². The number of anilines is 1. The Hall–Kier alpha value is -1.72. The van der Waals surface area contributed by atoms with Gasteiger partial charge in [-0.1, -0.05) is 12.1 Å². The Bertz CT molecular complexity index is 558. The van der Waals surface area contributed by atoms with Gasteiger partial charge in [0, 0.05) is 17.7 Å². The molecule has 1 atom stereocenters. The molecule has 0 radical (unpaired) electrons. The normalized spacial score (nSPS) is 23.4. The van der Waals surface area contributed by atoms with Gasteiger partial charge in [-0.05, 0) is 31.9 Å². The molecule has 5 heteroatoms. The van der Waals surface area contributed by atoms with E-state index in [0.717, 1.165) is 19.3 Å². The SMILES string of the molecule is CC(=O)c1cccc(NC(=O)[C@H]2CCCC23OCCO3)c1. The molecule has 1 spiro atoms. The molecule has 2 aliphatic rings. The minimum Gasteiger partial charge on any atom is -0.347 e. The Kier molecular flexibility index (Phi) is 3.78. The number of nitrogens with one attached hydrogen (secondary N) is 1. The fraction of sp³-hybridized carbons (Fsp3) is 0.500. The van der Waals surface area contributed by atoms with E-state index in [2.05, 4.69) is 5.32 Å². The summed E-state index contributed by atoms with van der Waals surface area (Å²) < 4.78 is 11.4. The maximum Gasteiger partial charge on any atom is 0.232 e. The van der Waals surface area contributed by atoms with Crippen molar-refractivity contribution >= 4 is 17.4 Å². The average Bonchev–Trinajstić information content (AvgIpc) is 3.10. The summed E-state index contributed by atoms with van der Waals surface area (Å²) >= 11 is 0. The van der Waals surface area contributed by atoms with Crippen molar-refractivity contribution in [2.45, 2.75) is 32.0 Å². The van der Waals surface area contributed by atoms with Crippen LogP contribution in [0.25, 0.3) is 0 Å². The lowest BCUT2D eigenvalue weighted by molar-refractivity contribution is -0.184. The molecule has 1 amide bonds. The van der Waals surface area contributed by atoms with E-state index in [9.17, 15) is 9.59 Å². The van der Waals surface area contributed by atoms with Gasteiger partial charge in [-0.25, -0.2) is 0 Å². The lowest BCUT2D eigenvalue weighted by atomic mass is 10.0. The third-order valence-corrected chi connectivity index (χ3v) is 4.18. The lowest BCUT2D eigenvalue weighted by Crippen LogP contribution is -2.41. The van der Waals surface area contributed by atoms with Crippen LogP contribution in [-0.4, -0.2) is 30.7 Å². The van der Waals surface area contributed by atoms with E-state index in [4.69, 9.17) is 9.47 Å². The first-order valence-corrected chi connectivity index (χ1v) is 7.30. The van der Waals surface area contributed by atoms with Gasteiger partial charge in [0.15, 0.2) is 11.6 Å². The van der Waals surface area contributed by atoms with Crippen LogP contribution < -0.4 is 5.32 Å². The smallest absolute Gasteiger partial charge is 0.232 e. The number of carbonyl (C=O) groups is 2. The number of Topliss-reactive ketones (excluding diaryl/α,β-unsaturated/α-hetero) is 1. The molecular weight excluding hydrogens is 270 g/mol. The summed E-state index contributed by atoms with van der Waals surface area (Å²) in [5.41, 5.74) is 1.22. The Labute approximate surface area is 123 Å². The molecule has 0 bridgehead atoms. The average molecular weight is 289 g/mol. The van der Waals surface area contributed by atoms with Crippen LogP contribution in [0.4, 0.5) is 5.69 Å². The van der Waals surface area contributed by atoms with Gasteiger partial charge >= 0.3 is 0 Å². The number of hydrogen-bond acceptors (Lipinski definition) is 4. The summed E-state index contributed by atoms with van der Waals surface area (Å²) in [6.45, 7) is 2.60. The van der Waals surface area contributed by atoms with Crippen molar-refractivity contribution in [3.05, 3.63) is 29.8 Å². The zero-order valence-electron chi connectivity index (χ0n) is 12.1. The fourth-order valence-corrected chi connectivity index (χ4v) is 3.14. The molecular formula is C16H19NO4. The van der Waals surface area contributed by atoms with Gasteiger partial charge in [0.05, 0.1) is 19.1 Å². The van der Waals surface area contributed by atoms with Crippen molar-refractivity contribution in [3.8, 4) is 0 Å². The first-order valence-electron chi connectivity index (χ1n) is 7.30. The molecule has 5 nitrogen and oxygen atoms in total. The van der Waals surface area contributed by atoms with Crippen LogP contribution in [0.2, 0.25) is 0 Å². The summed E-state index contributed by atoms with van der Waals surface area (Å²) in [4.78, 5) is 23.9. The molecule has 1 aliphatic heterocycles. The summed E-state index contributed by atoms with van der Waals surface area (Å²) in [5.74, 6) is -1.15. The van der Waals surface area contributed by atoms with Gasteiger partial charge in [-0.3, -0.25) is 9.59 Å². The highest BCUT2D eigenvalue weighted by Gasteiger charge is 2.51. The standard InChI is InChI=1S/C16H19NO4/c1-11(18)12-4-2-5-13(10-12)17-15(19)14-6-3-7-16(14)20-8-9-21-16/h2,4-5,10,14H,3,6-9H2,1H3,(H,17,19)/t14-/m1/s1. The van der Waals surface area contributed by atoms with Crippen LogP contribution in [-0.2, 0) is 14.3 Å². The second-order valence-corrected chi connectivity index (χ2v) is 5.58. The molecule has 21 heavy (non-hydrogen) atoms. The van der Waals surface area contributed by atoms with E-state index in [1.165, 1.54) is 6.92 Å². The van der Waals surface area contributed by atoms with Crippen molar-refractivity contribution in [3.63, 3.8) is 0 Å². The highest BCUT2D eigenvalue weighted by Crippen LogP contribution is 2.42. The Morgan fingerprint density at radius 2 is 2.05 bits per heavy atom. The molecule has 112 valence electrons. The highest BCUT2D eigenvalue weighted by molar-refractivity contribution is 5.97. The van der Waals surface area contributed by atoms with E-state index in [1.54, 1.807) is 24.3 Å². The molecule has 1 saturated carbocycles. The second-order valence-electron chi connectivity index (χ2n) is 5.58. The van der Waals surface area contributed by atoms with E-state index < -0.39 is 5.79 Å². The summed E-state index contributed by atoms with van der Waals surface area (Å²) in [7, 11) is 0. The number of hydrogen-bond donors (Lipinski definition) is 1. The zero-order chi connectivity index (χ0) is 14.9. The largest absolute Gasteiger partial charge is 0.347 e. The lowest BCUT2D eigenvalue weighted by Gasteiger charge is -2.28. The Morgan fingerprint density at radius 1 is 1.29 bits per heavy atom. The maximum atomic E-state index is 12.5. The number of amides is 1. The Balaban J connectivity index is 1.74. The molecule has 0 aromatic heterocycles. The van der Waals surface area contributed by atoms with Crippen molar-refractivity contribution < 1.29 is 19.1 Å². The number of carbonyl (C=O) groups excluding carboxylic acids is 2. The predicted octanol–water partition coefficient (Wildman–Crippen LogP) is 2.37. The van der Waals surface area contributed by atoms with E-state index >= 15 is 0 Å². The van der Waals surface area contributed by atoms with E-state index in [1.807, 2.05) is 0 Å².